The molecule has 1 aliphatic rings. The first-order valence-corrected chi connectivity index (χ1v) is 6.16. The quantitative estimate of drug-likeness (QED) is 0.743. The molecular formula is C10H20N2OS. The lowest BCUT2D eigenvalue weighted by Gasteiger charge is -2.20. The van der Waals surface area contributed by atoms with Gasteiger partial charge in [0.05, 0.1) is 5.54 Å². The minimum Gasteiger partial charge on any atom is -0.368 e. The molecule has 0 aliphatic heterocycles. The van der Waals surface area contributed by atoms with Gasteiger partial charge in [0.2, 0.25) is 5.91 Å². The predicted molar refractivity (Wildman–Crippen MR) is 61.1 cm³/mol. The maximum Gasteiger partial charge on any atom is 0.237 e. The summed E-state index contributed by atoms with van der Waals surface area (Å²) in [6, 6.07) is 0. The lowest BCUT2D eigenvalue weighted by Crippen LogP contribution is -2.50. The molecule has 3 atom stereocenters. The maximum atomic E-state index is 11.1. The van der Waals surface area contributed by atoms with Gasteiger partial charge in [0, 0.05) is 10.5 Å². The fourth-order valence-electron chi connectivity index (χ4n) is 1.79. The summed E-state index contributed by atoms with van der Waals surface area (Å²) in [5.74, 6) is -0.343. The van der Waals surface area contributed by atoms with Crippen molar-refractivity contribution in [1.82, 2.24) is 0 Å². The maximum absolute atomic E-state index is 11.1. The lowest BCUT2D eigenvalue weighted by molar-refractivity contribution is -0.122. The van der Waals surface area contributed by atoms with E-state index < -0.39 is 5.54 Å². The van der Waals surface area contributed by atoms with E-state index in [-0.39, 0.29) is 5.91 Å². The molecular weight excluding hydrogens is 196 g/mol. The molecule has 1 amide bonds. The Morgan fingerprint density at radius 2 is 2.36 bits per heavy atom. The van der Waals surface area contributed by atoms with Crippen LogP contribution in [0, 0.1) is 0 Å². The van der Waals surface area contributed by atoms with Crippen LogP contribution < -0.4 is 11.5 Å². The summed E-state index contributed by atoms with van der Waals surface area (Å²) in [5.41, 5.74) is 10.5. The molecule has 14 heavy (non-hydrogen) atoms. The largest absolute Gasteiger partial charge is 0.368 e. The van der Waals surface area contributed by atoms with Crippen molar-refractivity contribution in [2.75, 3.05) is 0 Å². The molecule has 4 N–H and O–H groups in total. The Hall–Kier alpha value is -0.220. The minimum atomic E-state index is -0.731. The number of primary amides is 1. The Labute approximate surface area is 90.0 Å². The predicted octanol–water partition coefficient (Wildman–Crippen LogP) is 1.25. The highest BCUT2D eigenvalue weighted by Crippen LogP contribution is 2.37. The average molecular weight is 216 g/mol. The summed E-state index contributed by atoms with van der Waals surface area (Å²) >= 11 is 1.94. The van der Waals surface area contributed by atoms with Crippen LogP contribution in [-0.4, -0.2) is 21.9 Å². The Bertz CT molecular complexity index is 222. The Morgan fingerprint density at radius 1 is 1.71 bits per heavy atom. The van der Waals surface area contributed by atoms with E-state index in [1.165, 1.54) is 0 Å². The molecule has 82 valence electrons. The van der Waals surface area contributed by atoms with E-state index in [4.69, 9.17) is 11.5 Å². The number of carbonyl (C=O) groups is 1. The molecule has 0 aromatic heterocycles. The van der Waals surface area contributed by atoms with E-state index in [1.807, 2.05) is 11.8 Å². The fraction of sp³-hybridized carbons (Fsp3) is 0.900. The van der Waals surface area contributed by atoms with Crippen LogP contribution in [0.5, 0.6) is 0 Å². The van der Waals surface area contributed by atoms with Gasteiger partial charge >= 0.3 is 0 Å². The van der Waals surface area contributed by atoms with Crippen molar-refractivity contribution < 1.29 is 4.79 Å². The molecule has 0 aromatic rings. The first-order valence-electron chi connectivity index (χ1n) is 5.22. The van der Waals surface area contributed by atoms with Gasteiger partial charge in [-0.2, -0.15) is 11.8 Å². The highest BCUT2D eigenvalue weighted by molar-refractivity contribution is 8.00. The van der Waals surface area contributed by atoms with E-state index in [9.17, 15) is 4.79 Å². The zero-order valence-corrected chi connectivity index (χ0v) is 9.77. The smallest absolute Gasteiger partial charge is 0.237 e. The number of rotatable bonds is 4. The highest BCUT2D eigenvalue weighted by atomic mass is 32.2. The van der Waals surface area contributed by atoms with Crippen molar-refractivity contribution in [3.05, 3.63) is 0 Å². The average Bonchev–Trinajstić information content (AvgIpc) is 2.49. The zero-order valence-electron chi connectivity index (χ0n) is 8.95. The number of thioether (sulfide) groups is 1. The molecule has 1 rings (SSSR count). The Kier molecular flexibility index (Phi) is 3.84. The van der Waals surface area contributed by atoms with E-state index in [0.717, 1.165) is 25.7 Å². The molecule has 1 fully saturated rings. The lowest BCUT2D eigenvalue weighted by atomic mass is 9.99. The van der Waals surface area contributed by atoms with E-state index in [1.54, 1.807) is 0 Å². The molecule has 1 saturated carbocycles. The number of hydrogen-bond donors (Lipinski definition) is 2. The summed E-state index contributed by atoms with van der Waals surface area (Å²) in [5, 5.41) is 1.16. The monoisotopic (exact) mass is 216 g/mol. The van der Waals surface area contributed by atoms with Crippen LogP contribution in [0.15, 0.2) is 0 Å². The van der Waals surface area contributed by atoms with E-state index >= 15 is 0 Å². The second-order valence-electron chi connectivity index (χ2n) is 4.24. The minimum absolute atomic E-state index is 0.343. The summed E-state index contributed by atoms with van der Waals surface area (Å²) in [6.45, 7) is 4.39. The SMILES string of the molecule is CCC(C)SC1CCC(N)(C(N)=O)C1. The van der Waals surface area contributed by atoms with Gasteiger partial charge in [-0.05, 0) is 25.7 Å². The standard InChI is InChI=1S/C10H20N2OS/c1-3-7(2)14-8-4-5-10(12,6-8)9(11)13/h7-8H,3-6,12H2,1-2H3,(H2,11,13). The van der Waals surface area contributed by atoms with Crippen molar-refractivity contribution in [2.24, 2.45) is 11.5 Å². The fourth-order valence-corrected chi connectivity index (χ4v) is 3.29. The number of nitrogens with two attached hydrogens (primary N) is 2. The van der Waals surface area contributed by atoms with Gasteiger partial charge in [0.15, 0.2) is 0 Å². The van der Waals surface area contributed by atoms with Crippen LogP contribution in [0.4, 0.5) is 0 Å². The molecule has 0 bridgehead atoms. The van der Waals surface area contributed by atoms with Gasteiger partial charge in [0.25, 0.3) is 0 Å². The molecule has 3 unspecified atom stereocenters. The van der Waals surface area contributed by atoms with Gasteiger partial charge in [0.1, 0.15) is 0 Å². The summed E-state index contributed by atoms with van der Waals surface area (Å²) in [6.07, 6.45) is 3.68. The van der Waals surface area contributed by atoms with Crippen molar-refractivity contribution in [3.8, 4) is 0 Å². The van der Waals surface area contributed by atoms with Gasteiger partial charge in [-0.1, -0.05) is 13.8 Å². The van der Waals surface area contributed by atoms with Crippen LogP contribution in [0.25, 0.3) is 0 Å². The Morgan fingerprint density at radius 3 is 2.79 bits per heavy atom. The Balaban J connectivity index is 2.45. The van der Waals surface area contributed by atoms with E-state index in [2.05, 4.69) is 13.8 Å². The number of carbonyl (C=O) groups excluding carboxylic acids is 1. The highest BCUT2D eigenvalue weighted by Gasteiger charge is 2.40. The molecule has 0 saturated heterocycles. The van der Waals surface area contributed by atoms with Crippen LogP contribution >= 0.6 is 11.8 Å². The summed E-state index contributed by atoms with van der Waals surface area (Å²) in [4.78, 5) is 11.1. The van der Waals surface area contributed by atoms with Gasteiger partial charge in [-0.25, -0.2) is 0 Å². The number of amides is 1. The molecule has 0 heterocycles. The molecule has 0 spiro atoms. The first-order chi connectivity index (χ1) is 6.48. The third-order valence-electron chi connectivity index (χ3n) is 2.99. The van der Waals surface area contributed by atoms with Gasteiger partial charge in [-0.15, -0.1) is 0 Å². The topological polar surface area (TPSA) is 69.1 Å². The van der Waals surface area contributed by atoms with Crippen molar-refractivity contribution >= 4 is 17.7 Å². The van der Waals surface area contributed by atoms with Crippen LogP contribution in [0.3, 0.4) is 0 Å². The van der Waals surface area contributed by atoms with Crippen LogP contribution in [0.2, 0.25) is 0 Å². The van der Waals surface area contributed by atoms with Crippen molar-refractivity contribution in [1.29, 1.82) is 0 Å². The third-order valence-corrected chi connectivity index (χ3v) is 4.58. The van der Waals surface area contributed by atoms with Gasteiger partial charge in [-0.3, -0.25) is 4.79 Å². The molecule has 1 aliphatic carbocycles. The zero-order chi connectivity index (χ0) is 10.8. The second-order valence-corrected chi connectivity index (χ2v) is 5.98. The van der Waals surface area contributed by atoms with E-state index in [0.29, 0.717) is 10.5 Å². The third kappa shape index (κ3) is 2.64. The van der Waals surface area contributed by atoms with Gasteiger partial charge < -0.3 is 11.5 Å². The molecule has 3 nitrogen and oxygen atoms in total. The second kappa shape index (κ2) is 4.53. The van der Waals surface area contributed by atoms with Crippen LogP contribution in [0.1, 0.15) is 39.5 Å². The molecule has 4 heteroatoms. The summed E-state index contributed by atoms with van der Waals surface area (Å²) < 4.78 is 0. The van der Waals surface area contributed by atoms with Crippen molar-refractivity contribution in [3.63, 3.8) is 0 Å². The normalized spacial score (nSPS) is 34.4. The molecule has 0 radical (unpaired) electrons. The molecule has 0 aromatic carbocycles. The van der Waals surface area contributed by atoms with Crippen LogP contribution in [-0.2, 0) is 4.79 Å². The van der Waals surface area contributed by atoms with Crippen molar-refractivity contribution in [2.45, 2.75) is 55.6 Å². The first kappa shape index (κ1) is 11.9. The number of hydrogen-bond acceptors (Lipinski definition) is 3. The summed E-state index contributed by atoms with van der Waals surface area (Å²) in [7, 11) is 0.